The Balaban J connectivity index is 4.17. The zero-order chi connectivity index (χ0) is 13.5. The predicted octanol–water partition coefficient (Wildman–Crippen LogP) is -0.321. The first kappa shape index (κ1) is 15.9. The van der Waals surface area contributed by atoms with Gasteiger partial charge in [0.1, 0.15) is 6.04 Å². The highest BCUT2D eigenvalue weighted by molar-refractivity contribution is 5.83. The molecule has 0 spiro atoms. The highest BCUT2D eigenvalue weighted by atomic mass is 16.5. The number of carbonyl (C=O) groups is 2. The summed E-state index contributed by atoms with van der Waals surface area (Å²) in [5.41, 5.74) is -0.323. The molecule has 1 unspecified atom stereocenters. The molecule has 1 amide bonds. The van der Waals surface area contributed by atoms with Crippen LogP contribution < -0.4 is 10.6 Å². The molecule has 0 aromatic rings. The van der Waals surface area contributed by atoms with E-state index in [0.29, 0.717) is 13.1 Å². The normalized spacial score (nSPS) is 13.0. The predicted molar refractivity (Wildman–Crippen MR) is 63.6 cm³/mol. The lowest BCUT2D eigenvalue weighted by Crippen LogP contribution is -2.49. The van der Waals surface area contributed by atoms with Crippen LogP contribution in [0.2, 0.25) is 0 Å². The van der Waals surface area contributed by atoms with E-state index < -0.39 is 12.0 Å². The molecular formula is C11H22N2O4. The van der Waals surface area contributed by atoms with Crippen molar-refractivity contribution in [2.75, 3.05) is 27.3 Å². The maximum Gasteiger partial charge on any atom is 0.329 e. The lowest BCUT2D eigenvalue weighted by Gasteiger charge is -2.24. The van der Waals surface area contributed by atoms with Crippen LogP contribution in [-0.2, 0) is 19.1 Å². The molecule has 0 fully saturated rings. The van der Waals surface area contributed by atoms with Gasteiger partial charge in [-0.2, -0.15) is 0 Å². The largest absolute Gasteiger partial charge is 0.467 e. The fourth-order valence-electron chi connectivity index (χ4n) is 1.17. The Labute approximate surface area is 102 Å². The second kappa shape index (κ2) is 7.24. The molecule has 100 valence electrons. The Hall–Kier alpha value is -1.14. The summed E-state index contributed by atoms with van der Waals surface area (Å²) in [5, 5.41) is 5.57. The van der Waals surface area contributed by atoms with Gasteiger partial charge in [-0.1, -0.05) is 0 Å². The average Bonchev–Trinajstić information content (AvgIpc) is 2.26. The zero-order valence-corrected chi connectivity index (χ0v) is 11.1. The first-order valence-electron chi connectivity index (χ1n) is 5.43. The molecular weight excluding hydrogens is 224 g/mol. The van der Waals surface area contributed by atoms with Crippen LogP contribution in [0.15, 0.2) is 0 Å². The van der Waals surface area contributed by atoms with Crippen LogP contribution in [0.25, 0.3) is 0 Å². The molecule has 6 nitrogen and oxygen atoms in total. The lowest BCUT2D eigenvalue weighted by atomic mass is 10.1. The molecule has 0 aliphatic rings. The van der Waals surface area contributed by atoms with Crippen LogP contribution >= 0.6 is 0 Å². The van der Waals surface area contributed by atoms with Crippen molar-refractivity contribution in [2.24, 2.45) is 0 Å². The molecule has 0 aromatic heterocycles. The van der Waals surface area contributed by atoms with Crippen molar-refractivity contribution < 1.29 is 19.1 Å². The van der Waals surface area contributed by atoms with E-state index in [2.05, 4.69) is 15.4 Å². The molecule has 0 heterocycles. The van der Waals surface area contributed by atoms with E-state index in [9.17, 15) is 9.59 Å². The van der Waals surface area contributed by atoms with Gasteiger partial charge in [-0.15, -0.1) is 0 Å². The number of esters is 1. The van der Waals surface area contributed by atoms with Crippen molar-refractivity contribution in [3.63, 3.8) is 0 Å². The maximum atomic E-state index is 11.4. The van der Waals surface area contributed by atoms with E-state index in [0.717, 1.165) is 0 Å². The van der Waals surface area contributed by atoms with Gasteiger partial charge in [0.25, 0.3) is 0 Å². The topological polar surface area (TPSA) is 76.7 Å². The van der Waals surface area contributed by atoms with E-state index in [4.69, 9.17) is 4.74 Å². The summed E-state index contributed by atoms with van der Waals surface area (Å²) in [5.74, 6) is -0.740. The van der Waals surface area contributed by atoms with Crippen molar-refractivity contribution in [3.05, 3.63) is 0 Å². The van der Waals surface area contributed by atoms with Crippen molar-refractivity contribution in [1.29, 1.82) is 0 Å². The molecule has 0 saturated heterocycles. The number of nitrogens with one attached hydrogen (secondary N) is 2. The van der Waals surface area contributed by atoms with Crippen LogP contribution in [0, 0.1) is 0 Å². The fourth-order valence-corrected chi connectivity index (χ4v) is 1.17. The molecule has 0 aliphatic carbocycles. The van der Waals surface area contributed by atoms with Gasteiger partial charge in [-0.05, 0) is 13.8 Å². The highest BCUT2D eigenvalue weighted by Gasteiger charge is 2.22. The van der Waals surface area contributed by atoms with Crippen molar-refractivity contribution in [3.8, 4) is 0 Å². The summed E-state index contributed by atoms with van der Waals surface area (Å²) < 4.78 is 9.82. The summed E-state index contributed by atoms with van der Waals surface area (Å²) >= 11 is 0. The summed E-state index contributed by atoms with van der Waals surface area (Å²) in [6.45, 7) is 6.07. The third-order valence-corrected chi connectivity index (χ3v) is 2.31. The number of hydrogen-bond donors (Lipinski definition) is 2. The monoisotopic (exact) mass is 246 g/mol. The third kappa shape index (κ3) is 6.91. The van der Waals surface area contributed by atoms with Gasteiger partial charge in [0.2, 0.25) is 5.91 Å². The van der Waals surface area contributed by atoms with E-state index in [1.165, 1.54) is 14.0 Å². The summed E-state index contributed by atoms with van der Waals surface area (Å²) in [4.78, 5) is 22.3. The standard InChI is InChI=1S/C11H22N2O4/c1-8(14)13-9(10(15)16-4)6-12-7-11(2,3)17-5/h9,12H,6-7H2,1-5H3,(H,13,14). The molecule has 0 aliphatic heterocycles. The van der Waals surface area contributed by atoms with Gasteiger partial charge in [-0.25, -0.2) is 4.79 Å². The number of amides is 1. The number of methoxy groups -OCH3 is 2. The molecule has 17 heavy (non-hydrogen) atoms. The summed E-state index contributed by atoms with van der Waals surface area (Å²) in [6, 6.07) is -0.676. The third-order valence-electron chi connectivity index (χ3n) is 2.31. The molecule has 1 atom stereocenters. The van der Waals surface area contributed by atoms with Crippen LogP contribution in [0.1, 0.15) is 20.8 Å². The van der Waals surface area contributed by atoms with Gasteiger partial charge < -0.3 is 20.1 Å². The molecule has 0 radical (unpaired) electrons. The van der Waals surface area contributed by atoms with Gasteiger partial charge in [-0.3, -0.25) is 4.79 Å². The van der Waals surface area contributed by atoms with Gasteiger partial charge in [0, 0.05) is 27.1 Å². The van der Waals surface area contributed by atoms with E-state index in [1.54, 1.807) is 7.11 Å². The van der Waals surface area contributed by atoms with Crippen LogP contribution in [-0.4, -0.2) is 50.8 Å². The number of hydrogen-bond acceptors (Lipinski definition) is 5. The smallest absolute Gasteiger partial charge is 0.329 e. The Morgan fingerprint density at radius 2 is 1.88 bits per heavy atom. The van der Waals surface area contributed by atoms with Crippen molar-refractivity contribution >= 4 is 11.9 Å². The number of carbonyl (C=O) groups excluding carboxylic acids is 2. The quantitative estimate of drug-likeness (QED) is 0.602. The Kier molecular flexibility index (Phi) is 6.75. The maximum absolute atomic E-state index is 11.4. The van der Waals surface area contributed by atoms with Crippen molar-refractivity contribution in [2.45, 2.75) is 32.4 Å². The zero-order valence-electron chi connectivity index (χ0n) is 11.1. The van der Waals surface area contributed by atoms with Crippen LogP contribution in [0.5, 0.6) is 0 Å². The van der Waals surface area contributed by atoms with Gasteiger partial charge in [0.15, 0.2) is 0 Å². The fraction of sp³-hybridized carbons (Fsp3) is 0.818. The highest BCUT2D eigenvalue weighted by Crippen LogP contribution is 2.04. The second-order valence-electron chi connectivity index (χ2n) is 4.37. The van der Waals surface area contributed by atoms with Gasteiger partial charge >= 0.3 is 5.97 Å². The Morgan fingerprint density at radius 1 is 1.29 bits per heavy atom. The van der Waals surface area contributed by atoms with E-state index in [1.807, 2.05) is 13.8 Å². The molecule has 0 bridgehead atoms. The van der Waals surface area contributed by atoms with Crippen LogP contribution in [0.4, 0.5) is 0 Å². The molecule has 6 heteroatoms. The number of rotatable bonds is 7. The second-order valence-corrected chi connectivity index (χ2v) is 4.37. The molecule has 2 N–H and O–H groups in total. The average molecular weight is 246 g/mol. The Morgan fingerprint density at radius 3 is 2.29 bits per heavy atom. The molecule has 0 aromatic carbocycles. The summed E-state index contributed by atoms with van der Waals surface area (Å²) in [7, 11) is 2.91. The minimum Gasteiger partial charge on any atom is -0.467 e. The first-order valence-corrected chi connectivity index (χ1v) is 5.43. The van der Waals surface area contributed by atoms with Crippen LogP contribution in [0.3, 0.4) is 0 Å². The first-order chi connectivity index (χ1) is 7.82. The van der Waals surface area contributed by atoms with E-state index in [-0.39, 0.29) is 11.5 Å². The summed E-state index contributed by atoms with van der Waals surface area (Å²) in [6.07, 6.45) is 0. The minimum atomic E-state index is -0.676. The molecule has 0 rings (SSSR count). The Bertz CT molecular complexity index is 266. The number of ether oxygens (including phenoxy) is 2. The lowest BCUT2D eigenvalue weighted by molar-refractivity contribution is -0.144. The molecule has 0 saturated carbocycles. The van der Waals surface area contributed by atoms with Gasteiger partial charge in [0.05, 0.1) is 12.7 Å². The minimum absolute atomic E-state index is 0.270. The SMILES string of the molecule is COC(=O)C(CNCC(C)(C)OC)NC(C)=O. The van der Waals surface area contributed by atoms with Crippen molar-refractivity contribution in [1.82, 2.24) is 10.6 Å². The van der Waals surface area contributed by atoms with E-state index >= 15 is 0 Å².